The SMILES string of the molecule is Cc1ccc(CNC(C)c2ccc(Br)cc2Br)o1. The maximum absolute atomic E-state index is 5.54. The third kappa shape index (κ3) is 3.46. The van der Waals surface area contributed by atoms with E-state index in [1.807, 2.05) is 19.1 Å². The van der Waals surface area contributed by atoms with Crippen molar-refractivity contribution < 1.29 is 4.42 Å². The molecular weight excluding hydrogens is 358 g/mol. The molecule has 1 atom stereocenters. The van der Waals surface area contributed by atoms with Crippen molar-refractivity contribution in [1.82, 2.24) is 5.32 Å². The van der Waals surface area contributed by atoms with Crippen LogP contribution in [0.4, 0.5) is 0 Å². The normalized spacial score (nSPS) is 12.7. The molecule has 0 bridgehead atoms. The van der Waals surface area contributed by atoms with E-state index in [9.17, 15) is 0 Å². The van der Waals surface area contributed by atoms with E-state index < -0.39 is 0 Å². The number of halogens is 2. The molecule has 0 saturated carbocycles. The summed E-state index contributed by atoms with van der Waals surface area (Å²) >= 11 is 7.04. The Morgan fingerprint density at radius 1 is 1.22 bits per heavy atom. The molecule has 1 unspecified atom stereocenters. The number of aryl methyl sites for hydroxylation is 1. The zero-order valence-corrected chi connectivity index (χ0v) is 13.5. The lowest BCUT2D eigenvalue weighted by Gasteiger charge is -2.15. The summed E-state index contributed by atoms with van der Waals surface area (Å²) in [6, 6.07) is 10.5. The second kappa shape index (κ2) is 6.04. The highest BCUT2D eigenvalue weighted by Crippen LogP contribution is 2.27. The van der Waals surface area contributed by atoms with Crippen LogP contribution < -0.4 is 5.32 Å². The molecule has 2 nitrogen and oxygen atoms in total. The summed E-state index contributed by atoms with van der Waals surface area (Å²) in [4.78, 5) is 0. The van der Waals surface area contributed by atoms with Crippen LogP contribution in [0, 0.1) is 6.92 Å². The Bertz CT molecular complexity index is 536. The lowest BCUT2D eigenvalue weighted by molar-refractivity contribution is 0.444. The average Bonchev–Trinajstić information content (AvgIpc) is 2.72. The van der Waals surface area contributed by atoms with Gasteiger partial charge in [-0.15, -0.1) is 0 Å². The Hall–Kier alpha value is -0.580. The summed E-state index contributed by atoms with van der Waals surface area (Å²) in [5.74, 6) is 1.91. The van der Waals surface area contributed by atoms with Gasteiger partial charge >= 0.3 is 0 Å². The van der Waals surface area contributed by atoms with E-state index in [-0.39, 0.29) is 6.04 Å². The van der Waals surface area contributed by atoms with Gasteiger partial charge in [-0.3, -0.25) is 0 Å². The van der Waals surface area contributed by atoms with Crippen molar-refractivity contribution in [1.29, 1.82) is 0 Å². The molecule has 4 heteroatoms. The molecule has 1 aromatic heterocycles. The van der Waals surface area contributed by atoms with Gasteiger partial charge in [-0.1, -0.05) is 37.9 Å². The molecule has 0 fully saturated rings. The van der Waals surface area contributed by atoms with Gasteiger partial charge in [-0.05, 0) is 43.7 Å². The van der Waals surface area contributed by atoms with Gasteiger partial charge in [0.25, 0.3) is 0 Å². The van der Waals surface area contributed by atoms with Crippen LogP contribution in [0.5, 0.6) is 0 Å². The van der Waals surface area contributed by atoms with E-state index in [2.05, 4.69) is 62.3 Å². The molecule has 1 heterocycles. The maximum Gasteiger partial charge on any atom is 0.117 e. The molecule has 18 heavy (non-hydrogen) atoms. The van der Waals surface area contributed by atoms with Crippen LogP contribution in [0.25, 0.3) is 0 Å². The van der Waals surface area contributed by atoms with Crippen molar-refractivity contribution in [2.75, 3.05) is 0 Å². The van der Waals surface area contributed by atoms with Gasteiger partial charge in [0.1, 0.15) is 11.5 Å². The fourth-order valence-corrected chi connectivity index (χ4v) is 3.19. The summed E-state index contributed by atoms with van der Waals surface area (Å²) in [7, 11) is 0. The van der Waals surface area contributed by atoms with Crippen molar-refractivity contribution in [3.8, 4) is 0 Å². The number of rotatable bonds is 4. The van der Waals surface area contributed by atoms with Crippen molar-refractivity contribution in [3.63, 3.8) is 0 Å². The van der Waals surface area contributed by atoms with Crippen LogP contribution in [0.1, 0.15) is 30.0 Å². The molecule has 1 N–H and O–H groups in total. The molecule has 0 radical (unpaired) electrons. The third-order valence-electron chi connectivity index (χ3n) is 2.81. The number of nitrogens with one attached hydrogen (secondary N) is 1. The molecule has 2 aromatic rings. The zero-order valence-electron chi connectivity index (χ0n) is 10.3. The van der Waals surface area contributed by atoms with Crippen molar-refractivity contribution in [2.24, 2.45) is 0 Å². The van der Waals surface area contributed by atoms with Crippen LogP contribution in [0.2, 0.25) is 0 Å². The monoisotopic (exact) mass is 371 g/mol. The summed E-state index contributed by atoms with van der Waals surface area (Å²) in [6.45, 7) is 4.83. The van der Waals surface area contributed by atoms with Gasteiger partial charge in [-0.25, -0.2) is 0 Å². The third-order valence-corrected chi connectivity index (χ3v) is 3.99. The van der Waals surface area contributed by atoms with Gasteiger partial charge < -0.3 is 9.73 Å². The smallest absolute Gasteiger partial charge is 0.117 e. The minimum Gasteiger partial charge on any atom is -0.465 e. The second-order valence-corrected chi connectivity index (χ2v) is 6.05. The van der Waals surface area contributed by atoms with Crippen LogP contribution in [0.15, 0.2) is 43.7 Å². The lowest BCUT2D eigenvalue weighted by atomic mass is 10.1. The number of hydrogen-bond acceptors (Lipinski definition) is 2. The summed E-state index contributed by atoms with van der Waals surface area (Å²) in [6.07, 6.45) is 0. The number of benzene rings is 1. The van der Waals surface area contributed by atoms with Gasteiger partial charge in [0.15, 0.2) is 0 Å². The molecule has 1 aromatic carbocycles. The highest BCUT2D eigenvalue weighted by molar-refractivity contribution is 9.11. The summed E-state index contributed by atoms with van der Waals surface area (Å²) in [5.41, 5.74) is 1.24. The molecule has 0 aliphatic carbocycles. The Balaban J connectivity index is 2.01. The van der Waals surface area contributed by atoms with Gasteiger partial charge in [0, 0.05) is 15.0 Å². The molecule has 0 saturated heterocycles. The molecule has 96 valence electrons. The van der Waals surface area contributed by atoms with Crippen LogP contribution in [-0.4, -0.2) is 0 Å². The first-order chi connectivity index (χ1) is 8.56. The van der Waals surface area contributed by atoms with E-state index >= 15 is 0 Å². The fourth-order valence-electron chi connectivity index (χ4n) is 1.80. The number of furan rings is 1. The fraction of sp³-hybridized carbons (Fsp3) is 0.286. The molecule has 0 aliphatic heterocycles. The highest BCUT2D eigenvalue weighted by Gasteiger charge is 2.10. The standard InChI is InChI=1S/C14H15Br2NO/c1-9-3-5-12(18-9)8-17-10(2)13-6-4-11(15)7-14(13)16/h3-7,10,17H,8H2,1-2H3. The number of hydrogen-bond donors (Lipinski definition) is 1. The Labute approximate surface area is 124 Å². The zero-order chi connectivity index (χ0) is 13.1. The largest absolute Gasteiger partial charge is 0.465 e. The van der Waals surface area contributed by atoms with Crippen LogP contribution >= 0.6 is 31.9 Å². The van der Waals surface area contributed by atoms with E-state index in [0.29, 0.717) is 0 Å². The van der Waals surface area contributed by atoms with Crippen LogP contribution in [-0.2, 0) is 6.54 Å². The predicted molar refractivity (Wildman–Crippen MR) is 80.5 cm³/mol. The minimum absolute atomic E-state index is 0.262. The van der Waals surface area contributed by atoms with E-state index in [1.54, 1.807) is 0 Å². The molecule has 0 aliphatic rings. The quantitative estimate of drug-likeness (QED) is 0.820. The van der Waals surface area contributed by atoms with Gasteiger partial charge in [0.05, 0.1) is 6.54 Å². The first-order valence-electron chi connectivity index (χ1n) is 5.80. The Morgan fingerprint density at radius 2 is 2.00 bits per heavy atom. The average molecular weight is 373 g/mol. The van der Waals surface area contributed by atoms with Crippen molar-refractivity contribution in [3.05, 3.63) is 56.4 Å². The second-order valence-electron chi connectivity index (χ2n) is 4.28. The molecule has 0 amide bonds. The topological polar surface area (TPSA) is 25.2 Å². The molecule has 0 spiro atoms. The highest BCUT2D eigenvalue weighted by atomic mass is 79.9. The lowest BCUT2D eigenvalue weighted by Crippen LogP contribution is -2.18. The van der Waals surface area contributed by atoms with E-state index in [0.717, 1.165) is 27.0 Å². The minimum atomic E-state index is 0.262. The van der Waals surface area contributed by atoms with Crippen molar-refractivity contribution >= 4 is 31.9 Å². The first kappa shape index (κ1) is 13.8. The van der Waals surface area contributed by atoms with Crippen LogP contribution in [0.3, 0.4) is 0 Å². The Kier molecular flexibility index (Phi) is 4.65. The Morgan fingerprint density at radius 3 is 2.61 bits per heavy atom. The van der Waals surface area contributed by atoms with E-state index in [1.165, 1.54) is 5.56 Å². The van der Waals surface area contributed by atoms with Crippen molar-refractivity contribution in [2.45, 2.75) is 26.4 Å². The maximum atomic E-state index is 5.54. The van der Waals surface area contributed by atoms with E-state index in [4.69, 9.17) is 4.42 Å². The first-order valence-corrected chi connectivity index (χ1v) is 7.38. The predicted octanol–water partition coefficient (Wildman–Crippen LogP) is 4.96. The summed E-state index contributed by atoms with van der Waals surface area (Å²) < 4.78 is 7.72. The van der Waals surface area contributed by atoms with Gasteiger partial charge in [-0.2, -0.15) is 0 Å². The molecule has 2 rings (SSSR count). The molecular formula is C14H15Br2NO. The van der Waals surface area contributed by atoms with Gasteiger partial charge in [0.2, 0.25) is 0 Å². The summed E-state index contributed by atoms with van der Waals surface area (Å²) in [5, 5.41) is 3.45.